The van der Waals surface area contributed by atoms with Crippen molar-refractivity contribution in [2.24, 2.45) is 5.41 Å². The molecule has 6 heteroatoms. The normalized spacial score (nSPS) is 13.3. The lowest BCUT2D eigenvalue weighted by molar-refractivity contribution is -0.139. The highest BCUT2D eigenvalue weighted by Gasteiger charge is 2.21. The molecular weight excluding hydrogens is 216 g/mol. The molecule has 3 N–H and O–H groups in total. The summed E-state index contributed by atoms with van der Waals surface area (Å²) in [6.45, 7) is 5.49. The molecule has 0 saturated carbocycles. The van der Waals surface area contributed by atoms with E-state index < -0.39 is 17.4 Å². The summed E-state index contributed by atoms with van der Waals surface area (Å²) in [5.41, 5.74) is -0.471. The number of carboxylic acids is 1. The van der Waals surface area contributed by atoms with E-state index in [9.17, 15) is 9.59 Å². The predicted octanol–water partition coefficient (Wildman–Crippen LogP) is 0.0788. The molecule has 0 bridgehead atoms. The third kappa shape index (κ3) is 5.64. The summed E-state index contributed by atoms with van der Waals surface area (Å²) in [6.07, 6.45) is 0. The molecule has 1 unspecified atom stereocenters. The van der Waals surface area contributed by atoms with E-state index in [0.717, 1.165) is 0 Å². The molecule has 0 aromatic carbocycles. The second kappa shape index (κ2) is 5.97. The molecule has 1 atom stereocenters. The lowest BCUT2D eigenvalue weighted by Crippen LogP contribution is -2.47. The number of nitrogens with one attached hydrogen (secondary N) is 2. The Morgan fingerprint density at radius 1 is 1.40 bits per heavy atom. The van der Waals surface area contributed by atoms with Crippen LogP contribution in [0.4, 0.5) is 0 Å². The third-order valence-corrected chi connectivity index (χ3v) is 2.12. The molecule has 0 saturated heterocycles. The summed E-state index contributed by atoms with van der Waals surface area (Å²) in [5.74, 6) is -0.922. The molecule has 0 aromatic rings. The van der Waals surface area contributed by atoms with Crippen LogP contribution in [-0.2, 0) is 9.59 Å². The molecule has 0 aliphatic heterocycles. The fourth-order valence-electron chi connectivity index (χ4n) is 0.750. The Hall–Kier alpha value is -0.750. The average molecular weight is 234 g/mol. The highest BCUT2D eigenvalue weighted by atomic mass is 32.1. The number of hydrogen-bond donors (Lipinski definition) is 4. The SMILES string of the molecule is CC(C)(C)C(=O)NCNC(CS)C(=O)O. The first kappa shape index (κ1) is 14.2. The maximum atomic E-state index is 11.4. The first-order valence-corrected chi connectivity index (χ1v) is 5.27. The number of carbonyl (C=O) groups is 2. The zero-order valence-corrected chi connectivity index (χ0v) is 10.1. The number of amides is 1. The van der Waals surface area contributed by atoms with Crippen LogP contribution in [0, 0.1) is 5.41 Å². The second-order valence-corrected chi connectivity index (χ2v) is 4.58. The van der Waals surface area contributed by atoms with Gasteiger partial charge in [-0.2, -0.15) is 12.6 Å². The van der Waals surface area contributed by atoms with Crippen molar-refractivity contribution in [2.45, 2.75) is 26.8 Å². The standard InChI is InChI=1S/C9H18N2O3S/c1-9(2,3)8(14)11-5-10-6(4-15)7(12)13/h6,10,15H,4-5H2,1-3H3,(H,11,14)(H,12,13). The number of carbonyl (C=O) groups excluding carboxylic acids is 1. The van der Waals surface area contributed by atoms with Crippen LogP contribution in [-0.4, -0.2) is 35.4 Å². The van der Waals surface area contributed by atoms with Gasteiger partial charge >= 0.3 is 5.97 Å². The highest BCUT2D eigenvalue weighted by Crippen LogP contribution is 2.11. The first-order chi connectivity index (χ1) is 6.79. The molecule has 0 heterocycles. The average Bonchev–Trinajstić information content (AvgIpc) is 2.09. The van der Waals surface area contributed by atoms with Crippen molar-refractivity contribution >= 4 is 24.5 Å². The summed E-state index contributed by atoms with van der Waals surface area (Å²) in [4.78, 5) is 22.0. The quantitative estimate of drug-likeness (QED) is 0.401. The van der Waals surface area contributed by atoms with Gasteiger partial charge in [0.15, 0.2) is 0 Å². The summed E-state index contributed by atoms with van der Waals surface area (Å²) in [5, 5.41) is 13.9. The van der Waals surface area contributed by atoms with Gasteiger partial charge in [-0.1, -0.05) is 20.8 Å². The van der Waals surface area contributed by atoms with Gasteiger partial charge in [0.25, 0.3) is 0 Å². The molecular formula is C9H18N2O3S. The van der Waals surface area contributed by atoms with Crippen molar-refractivity contribution in [3.8, 4) is 0 Å². The summed E-state index contributed by atoms with van der Waals surface area (Å²) >= 11 is 3.88. The summed E-state index contributed by atoms with van der Waals surface area (Å²) < 4.78 is 0. The van der Waals surface area contributed by atoms with Gasteiger partial charge in [0.2, 0.25) is 5.91 Å². The van der Waals surface area contributed by atoms with E-state index in [1.165, 1.54) is 0 Å². The van der Waals surface area contributed by atoms with Crippen LogP contribution < -0.4 is 10.6 Å². The third-order valence-electron chi connectivity index (χ3n) is 1.76. The fraction of sp³-hybridized carbons (Fsp3) is 0.778. The van der Waals surface area contributed by atoms with E-state index in [4.69, 9.17) is 5.11 Å². The molecule has 0 radical (unpaired) electrons. The Kier molecular flexibility index (Phi) is 5.67. The monoisotopic (exact) mass is 234 g/mol. The van der Waals surface area contributed by atoms with Crippen molar-refractivity contribution in [3.63, 3.8) is 0 Å². The molecule has 1 amide bonds. The number of carboxylic acid groups (broad SMARTS) is 1. The number of hydrogen-bond acceptors (Lipinski definition) is 4. The van der Waals surface area contributed by atoms with Crippen molar-refractivity contribution in [2.75, 3.05) is 12.4 Å². The minimum Gasteiger partial charge on any atom is -0.480 e. The van der Waals surface area contributed by atoms with Crippen LogP contribution >= 0.6 is 12.6 Å². The second-order valence-electron chi connectivity index (χ2n) is 4.21. The van der Waals surface area contributed by atoms with Crippen molar-refractivity contribution in [1.82, 2.24) is 10.6 Å². The number of thiol groups is 1. The van der Waals surface area contributed by atoms with E-state index in [2.05, 4.69) is 23.3 Å². The Bertz CT molecular complexity index is 238. The Labute approximate surface area is 95.0 Å². The molecule has 0 aromatic heterocycles. The molecule has 0 aliphatic rings. The van der Waals surface area contributed by atoms with E-state index in [0.29, 0.717) is 0 Å². The van der Waals surface area contributed by atoms with Crippen LogP contribution in [0.5, 0.6) is 0 Å². The maximum absolute atomic E-state index is 11.4. The molecule has 0 aliphatic carbocycles. The highest BCUT2D eigenvalue weighted by molar-refractivity contribution is 7.80. The summed E-state index contributed by atoms with van der Waals surface area (Å²) in [7, 11) is 0. The molecule has 0 rings (SSSR count). The van der Waals surface area contributed by atoms with Gasteiger partial charge in [-0.25, -0.2) is 0 Å². The van der Waals surface area contributed by atoms with Crippen LogP contribution in [0.15, 0.2) is 0 Å². The van der Waals surface area contributed by atoms with E-state index >= 15 is 0 Å². The van der Waals surface area contributed by atoms with Crippen molar-refractivity contribution in [3.05, 3.63) is 0 Å². The van der Waals surface area contributed by atoms with Gasteiger partial charge in [-0.3, -0.25) is 14.9 Å². The number of aliphatic carboxylic acids is 1. The predicted molar refractivity (Wildman–Crippen MR) is 60.9 cm³/mol. The maximum Gasteiger partial charge on any atom is 0.321 e. The largest absolute Gasteiger partial charge is 0.480 e. The Balaban J connectivity index is 3.89. The molecule has 15 heavy (non-hydrogen) atoms. The van der Waals surface area contributed by atoms with E-state index in [1.54, 1.807) is 20.8 Å². The van der Waals surface area contributed by atoms with Gasteiger partial charge in [0, 0.05) is 11.2 Å². The lowest BCUT2D eigenvalue weighted by atomic mass is 9.96. The zero-order chi connectivity index (χ0) is 12.1. The Morgan fingerprint density at radius 2 is 1.93 bits per heavy atom. The van der Waals surface area contributed by atoms with E-state index in [-0.39, 0.29) is 18.3 Å². The molecule has 0 fully saturated rings. The Morgan fingerprint density at radius 3 is 2.27 bits per heavy atom. The smallest absolute Gasteiger partial charge is 0.321 e. The van der Waals surface area contributed by atoms with Gasteiger partial charge in [0.05, 0.1) is 6.67 Å². The number of rotatable bonds is 5. The minimum absolute atomic E-state index is 0.127. The van der Waals surface area contributed by atoms with Crippen molar-refractivity contribution in [1.29, 1.82) is 0 Å². The molecule has 5 nitrogen and oxygen atoms in total. The van der Waals surface area contributed by atoms with Gasteiger partial charge < -0.3 is 10.4 Å². The van der Waals surface area contributed by atoms with Gasteiger partial charge in [0.1, 0.15) is 6.04 Å². The van der Waals surface area contributed by atoms with Crippen LogP contribution in [0.1, 0.15) is 20.8 Å². The van der Waals surface area contributed by atoms with Gasteiger partial charge in [-0.05, 0) is 0 Å². The first-order valence-electron chi connectivity index (χ1n) is 4.64. The minimum atomic E-state index is -0.977. The van der Waals surface area contributed by atoms with E-state index in [1.807, 2.05) is 0 Å². The van der Waals surface area contributed by atoms with Crippen molar-refractivity contribution < 1.29 is 14.7 Å². The van der Waals surface area contributed by atoms with Gasteiger partial charge in [-0.15, -0.1) is 0 Å². The summed E-state index contributed by atoms with van der Waals surface area (Å²) in [6, 6.07) is -0.742. The molecule has 88 valence electrons. The van der Waals surface area contributed by atoms with Crippen LogP contribution in [0.25, 0.3) is 0 Å². The van der Waals surface area contributed by atoms with Crippen LogP contribution in [0.3, 0.4) is 0 Å². The lowest BCUT2D eigenvalue weighted by Gasteiger charge is -2.19. The molecule has 0 spiro atoms. The van der Waals surface area contributed by atoms with Crippen LogP contribution in [0.2, 0.25) is 0 Å². The topological polar surface area (TPSA) is 78.4 Å². The fourth-order valence-corrected chi connectivity index (χ4v) is 1.03. The zero-order valence-electron chi connectivity index (χ0n) is 9.20.